The lowest BCUT2D eigenvalue weighted by molar-refractivity contribution is 0.0942. The van der Waals surface area contributed by atoms with Gasteiger partial charge in [0.2, 0.25) is 11.8 Å². The monoisotopic (exact) mass is 387 g/mol. The van der Waals surface area contributed by atoms with Gasteiger partial charge in [-0.25, -0.2) is 0 Å². The van der Waals surface area contributed by atoms with Crippen LogP contribution in [0.3, 0.4) is 0 Å². The summed E-state index contributed by atoms with van der Waals surface area (Å²) in [5.41, 5.74) is 2.02. The number of rotatable bonds is 5. The highest BCUT2D eigenvalue weighted by atomic mass is 79.9. The van der Waals surface area contributed by atoms with Crippen LogP contribution in [0.25, 0.3) is 11.3 Å². The number of halogens is 1. The van der Waals surface area contributed by atoms with Gasteiger partial charge in [0.05, 0.1) is 12.2 Å². The second-order valence-corrected chi connectivity index (χ2v) is 6.58. The van der Waals surface area contributed by atoms with E-state index in [0.29, 0.717) is 29.1 Å². The maximum atomic E-state index is 12.2. The molecule has 1 aliphatic rings. The van der Waals surface area contributed by atoms with Crippen molar-refractivity contribution in [1.82, 2.24) is 25.7 Å². The van der Waals surface area contributed by atoms with Gasteiger partial charge in [0.25, 0.3) is 5.91 Å². The molecule has 1 saturated carbocycles. The highest BCUT2D eigenvalue weighted by molar-refractivity contribution is 9.10. The molecule has 24 heavy (non-hydrogen) atoms. The zero-order valence-corrected chi connectivity index (χ0v) is 14.2. The van der Waals surface area contributed by atoms with Crippen LogP contribution < -0.4 is 5.32 Å². The van der Waals surface area contributed by atoms with E-state index in [1.165, 1.54) is 0 Å². The van der Waals surface area contributed by atoms with Crippen LogP contribution in [-0.2, 0) is 6.54 Å². The lowest BCUT2D eigenvalue weighted by Crippen LogP contribution is -2.23. The summed E-state index contributed by atoms with van der Waals surface area (Å²) in [4.78, 5) is 12.2. The van der Waals surface area contributed by atoms with Crippen molar-refractivity contribution < 1.29 is 9.21 Å². The van der Waals surface area contributed by atoms with Crippen LogP contribution in [0.2, 0.25) is 0 Å². The van der Waals surface area contributed by atoms with Crippen LogP contribution in [0, 0.1) is 0 Å². The first-order valence-corrected chi connectivity index (χ1v) is 8.40. The Morgan fingerprint density at radius 1 is 1.29 bits per heavy atom. The summed E-state index contributed by atoms with van der Waals surface area (Å²) < 4.78 is 6.50. The molecule has 8 heteroatoms. The number of benzene rings is 1. The molecule has 0 radical (unpaired) electrons. The fourth-order valence-electron chi connectivity index (χ4n) is 2.29. The van der Waals surface area contributed by atoms with Crippen LogP contribution in [0.15, 0.2) is 39.2 Å². The zero-order valence-electron chi connectivity index (χ0n) is 12.6. The molecule has 1 aromatic carbocycles. The van der Waals surface area contributed by atoms with Gasteiger partial charge in [0.1, 0.15) is 5.69 Å². The summed E-state index contributed by atoms with van der Waals surface area (Å²) in [6.07, 6.45) is 2.20. The van der Waals surface area contributed by atoms with Gasteiger partial charge in [0, 0.05) is 16.0 Å². The van der Waals surface area contributed by atoms with E-state index in [9.17, 15) is 4.79 Å². The molecular weight excluding hydrogens is 374 g/mol. The molecule has 0 spiro atoms. The molecule has 2 heterocycles. The second kappa shape index (κ2) is 6.20. The van der Waals surface area contributed by atoms with Crippen LogP contribution >= 0.6 is 15.9 Å². The number of aromatic amines is 1. The van der Waals surface area contributed by atoms with Crippen LogP contribution in [0.5, 0.6) is 0 Å². The van der Waals surface area contributed by atoms with Gasteiger partial charge in [-0.15, -0.1) is 10.2 Å². The maximum Gasteiger partial charge on any atom is 0.269 e. The minimum absolute atomic E-state index is 0.200. The van der Waals surface area contributed by atoms with Crippen molar-refractivity contribution >= 4 is 21.8 Å². The van der Waals surface area contributed by atoms with Crippen molar-refractivity contribution in [2.24, 2.45) is 0 Å². The molecule has 2 N–H and O–H groups in total. The molecule has 4 rings (SSSR count). The molecule has 1 fully saturated rings. The molecule has 0 saturated heterocycles. The number of nitrogens with one attached hydrogen (secondary N) is 2. The molecule has 0 aliphatic heterocycles. The minimum Gasteiger partial charge on any atom is -0.423 e. The van der Waals surface area contributed by atoms with Crippen molar-refractivity contribution in [1.29, 1.82) is 0 Å². The molecule has 122 valence electrons. The summed E-state index contributed by atoms with van der Waals surface area (Å²) in [5, 5.41) is 17.6. The number of nitrogens with zero attached hydrogens (tertiary/aromatic N) is 3. The van der Waals surface area contributed by atoms with Crippen LogP contribution in [0.1, 0.15) is 41.0 Å². The minimum atomic E-state index is -0.267. The number of aromatic nitrogens is 4. The third-order valence-electron chi connectivity index (χ3n) is 3.77. The summed E-state index contributed by atoms with van der Waals surface area (Å²) >= 11 is 3.39. The molecule has 1 amide bonds. The summed E-state index contributed by atoms with van der Waals surface area (Å²) in [7, 11) is 0. The summed E-state index contributed by atoms with van der Waals surface area (Å²) in [5.74, 6) is 1.22. The average molecular weight is 388 g/mol. The first kappa shape index (κ1) is 15.1. The molecule has 7 nitrogen and oxygen atoms in total. The lowest BCUT2D eigenvalue weighted by atomic mass is 10.1. The van der Waals surface area contributed by atoms with E-state index in [4.69, 9.17) is 4.42 Å². The Morgan fingerprint density at radius 3 is 2.83 bits per heavy atom. The van der Waals surface area contributed by atoms with Gasteiger partial charge in [-0.1, -0.05) is 28.1 Å². The van der Waals surface area contributed by atoms with Crippen molar-refractivity contribution in [3.8, 4) is 11.3 Å². The summed E-state index contributed by atoms with van der Waals surface area (Å²) in [6.45, 7) is 0.200. The Labute approximate surface area is 146 Å². The second-order valence-electron chi connectivity index (χ2n) is 5.66. The number of H-pyrrole nitrogens is 1. The van der Waals surface area contributed by atoms with E-state index in [1.54, 1.807) is 6.07 Å². The smallest absolute Gasteiger partial charge is 0.269 e. The predicted molar refractivity (Wildman–Crippen MR) is 89.2 cm³/mol. The van der Waals surface area contributed by atoms with Gasteiger partial charge in [-0.05, 0) is 31.0 Å². The van der Waals surface area contributed by atoms with E-state index >= 15 is 0 Å². The SMILES string of the molecule is O=C(NCc1nnc(C2CC2)o1)c1cc(-c2ccc(Br)cc2)n[nH]1. The normalized spacial score (nSPS) is 13.9. The molecule has 2 aromatic heterocycles. The summed E-state index contributed by atoms with van der Waals surface area (Å²) in [6, 6.07) is 9.43. The van der Waals surface area contributed by atoms with Crippen molar-refractivity contribution in [3.63, 3.8) is 0 Å². The van der Waals surface area contributed by atoms with Gasteiger partial charge in [-0.2, -0.15) is 5.10 Å². The van der Waals surface area contributed by atoms with Gasteiger partial charge < -0.3 is 9.73 Å². The largest absolute Gasteiger partial charge is 0.423 e. The van der Waals surface area contributed by atoms with E-state index in [1.807, 2.05) is 24.3 Å². The molecule has 0 atom stereocenters. The topological polar surface area (TPSA) is 96.7 Å². The van der Waals surface area contributed by atoms with Crippen molar-refractivity contribution in [2.75, 3.05) is 0 Å². The number of carbonyl (C=O) groups excluding carboxylic acids is 1. The van der Waals surface area contributed by atoms with Gasteiger partial charge >= 0.3 is 0 Å². The predicted octanol–water partition coefficient (Wildman–Crippen LogP) is 3.03. The highest BCUT2D eigenvalue weighted by Crippen LogP contribution is 2.38. The fourth-order valence-corrected chi connectivity index (χ4v) is 2.56. The quantitative estimate of drug-likeness (QED) is 0.701. The van der Waals surface area contributed by atoms with Crippen molar-refractivity contribution in [3.05, 3.63) is 52.3 Å². The first-order valence-electron chi connectivity index (χ1n) is 7.61. The molecule has 1 aliphatic carbocycles. The van der Waals surface area contributed by atoms with Gasteiger partial charge in [-0.3, -0.25) is 9.89 Å². The standard InChI is InChI=1S/C16H14BrN5O2/c17-11-5-3-9(4-6-11)12-7-13(20-19-12)15(23)18-8-14-21-22-16(24-14)10-1-2-10/h3-7,10H,1-2,8H2,(H,18,23)(H,19,20). The van der Waals surface area contributed by atoms with E-state index in [2.05, 4.69) is 41.6 Å². The number of amides is 1. The van der Waals surface area contributed by atoms with Crippen molar-refractivity contribution in [2.45, 2.75) is 25.3 Å². The van der Waals surface area contributed by atoms with Crippen LogP contribution in [0.4, 0.5) is 0 Å². The average Bonchev–Trinajstić information content (AvgIpc) is 3.13. The number of carbonyl (C=O) groups is 1. The number of hydrogen-bond donors (Lipinski definition) is 2. The molecule has 0 bridgehead atoms. The third kappa shape index (κ3) is 3.23. The molecule has 0 unspecified atom stereocenters. The fraction of sp³-hybridized carbons (Fsp3) is 0.250. The van der Waals surface area contributed by atoms with Gasteiger partial charge in [0.15, 0.2) is 0 Å². The molecular formula is C16H14BrN5O2. The van der Waals surface area contributed by atoms with E-state index in [0.717, 1.165) is 22.9 Å². The lowest BCUT2D eigenvalue weighted by Gasteiger charge is -1.99. The molecule has 3 aromatic rings. The van der Waals surface area contributed by atoms with E-state index < -0.39 is 0 Å². The highest BCUT2D eigenvalue weighted by Gasteiger charge is 2.29. The Kier molecular flexibility index (Phi) is 3.89. The van der Waals surface area contributed by atoms with E-state index in [-0.39, 0.29) is 12.5 Å². The Morgan fingerprint density at radius 2 is 2.08 bits per heavy atom. The zero-order chi connectivity index (χ0) is 16.5. The van der Waals surface area contributed by atoms with Crippen LogP contribution in [-0.4, -0.2) is 26.3 Å². The first-order chi connectivity index (χ1) is 11.7. The third-order valence-corrected chi connectivity index (χ3v) is 4.30. The Balaban J connectivity index is 1.39. The Hall–Kier alpha value is -2.48. The number of hydrogen-bond acceptors (Lipinski definition) is 5. The Bertz CT molecular complexity index is 867. The maximum absolute atomic E-state index is 12.2.